The van der Waals surface area contributed by atoms with E-state index in [1.807, 2.05) is 32.9 Å². The third-order valence-electron chi connectivity index (χ3n) is 1.95. The molecule has 5 nitrogen and oxygen atoms in total. The van der Waals surface area contributed by atoms with Crippen LogP contribution < -0.4 is 15.8 Å². The van der Waals surface area contributed by atoms with Gasteiger partial charge in [-0.1, -0.05) is 0 Å². The van der Waals surface area contributed by atoms with Gasteiger partial charge in [-0.05, 0) is 32.9 Å². The van der Waals surface area contributed by atoms with Crippen LogP contribution in [0.15, 0.2) is 23.3 Å². The first-order valence-corrected chi connectivity index (χ1v) is 5.48. The first-order chi connectivity index (χ1) is 7.90. The number of hydrogen-bond acceptors (Lipinski definition) is 3. The van der Waals surface area contributed by atoms with Gasteiger partial charge in [0.25, 0.3) is 0 Å². The van der Waals surface area contributed by atoms with E-state index in [1.54, 1.807) is 13.3 Å². The number of pyridine rings is 1. The van der Waals surface area contributed by atoms with Crippen molar-refractivity contribution in [2.45, 2.75) is 32.9 Å². The topological polar surface area (TPSA) is 72.5 Å². The molecule has 6 heteroatoms. The average Bonchev–Trinajstić information content (AvgIpc) is 2.25. The highest BCUT2D eigenvalue weighted by Gasteiger charge is 2.09. The summed E-state index contributed by atoms with van der Waals surface area (Å²) in [6.45, 7) is 6.54. The SMILES string of the molecule is COc1ccc(CN=C(N)NC(C)(C)C)nc1.I. The monoisotopic (exact) mass is 364 g/mol. The van der Waals surface area contributed by atoms with Crippen molar-refractivity contribution in [1.82, 2.24) is 10.3 Å². The van der Waals surface area contributed by atoms with Gasteiger partial charge in [0.2, 0.25) is 0 Å². The fourth-order valence-electron chi connectivity index (χ4n) is 1.22. The predicted molar refractivity (Wildman–Crippen MR) is 84.4 cm³/mol. The quantitative estimate of drug-likeness (QED) is 0.488. The van der Waals surface area contributed by atoms with Gasteiger partial charge < -0.3 is 15.8 Å². The van der Waals surface area contributed by atoms with E-state index in [2.05, 4.69) is 15.3 Å². The number of nitrogens with one attached hydrogen (secondary N) is 1. The Morgan fingerprint density at radius 1 is 1.44 bits per heavy atom. The van der Waals surface area contributed by atoms with Crippen LogP contribution in [0.2, 0.25) is 0 Å². The second-order valence-corrected chi connectivity index (χ2v) is 4.77. The summed E-state index contributed by atoms with van der Waals surface area (Å²) in [4.78, 5) is 8.42. The maximum atomic E-state index is 5.75. The van der Waals surface area contributed by atoms with E-state index in [0.29, 0.717) is 12.5 Å². The Kier molecular flexibility index (Phi) is 6.97. The first-order valence-electron chi connectivity index (χ1n) is 5.48. The van der Waals surface area contributed by atoms with Crippen molar-refractivity contribution in [1.29, 1.82) is 0 Å². The van der Waals surface area contributed by atoms with E-state index < -0.39 is 0 Å². The lowest BCUT2D eigenvalue weighted by Gasteiger charge is -2.20. The third-order valence-corrected chi connectivity index (χ3v) is 1.95. The summed E-state index contributed by atoms with van der Waals surface area (Å²) in [6.07, 6.45) is 1.66. The molecule has 0 aliphatic heterocycles. The molecule has 0 spiro atoms. The van der Waals surface area contributed by atoms with Crippen molar-refractivity contribution in [2.75, 3.05) is 7.11 Å². The molecule has 18 heavy (non-hydrogen) atoms. The Morgan fingerprint density at radius 3 is 2.56 bits per heavy atom. The van der Waals surface area contributed by atoms with E-state index >= 15 is 0 Å². The molecule has 0 radical (unpaired) electrons. The van der Waals surface area contributed by atoms with Crippen LogP contribution in [0.25, 0.3) is 0 Å². The summed E-state index contributed by atoms with van der Waals surface area (Å²) >= 11 is 0. The van der Waals surface area contributed by atoms with Crippen molar-refractivity contribution in [3.8, 4) is 5.75 Å². The van der Waals surface area contributed by atoms with Gasteiger partial charge >= 0.3 is 0 Å². The number of ether oxygens (including phenoxy) is 1. The van der Waals surface area contributed by atoms with Gasteiger partial charge in [-0.3, -0.25) is 4.98 Å². The summed E-state index contributed by atoms with van der Waals surface area (Å²) < 4.78 is 5.03. The lowest BCUT2D eigenvalue weighted by Crippen LogP contribution is -2.44. The zero-order valence-corrected chi connectivity index (χ0v) is 13.6. The van der Waals surface area contributed by atoms with Crippen LogP contribution in [0.5, 0.6) is 5.75 Å². The van der Waals surface area contributed by atoms with Crippen LogP contribution in [0.4, 0.5) is 0 Å². The Labute approximate surface area is 125 Å². The zero-order valence-electron chi connectivity index (χ0n) is 11.2. The summed E-state index contributed by atoms with van der Waals surface area (Å²) in [5.41, 5.74) is 6.52. The van der Waals surface area contributed by atoms with Gasteiger partial charge in [-0.25, -0.2) is 4.99 Å². The number of nitrogens with two attached hydrogens (primary N) is 1. The highest BCUT2D eigenvalue weighted by Crippen LogP contribution is 2.08. The Morgan fingerprint density at radius 2 is 2.11 bits per heavy atom. The minimum absolute atomic E-state index is 0. The molecule has 0 aliphatic carbocycles. The predicted octanol–water partition coefficient (Wildman–Crippen LogP) is 1.91. The fraction of sp³-hybridized carbons (Fsp3) is 0.500. The molecule has 0 saturated carbocycles. The minimum atomic E-state index is -0.0824. The summed E-state index contributed by atoms with van der Waals surface area (Å²) in [5, 5.41) is 3.09. The molecule has 0 amide bonds. The number of rotatable bonds is 3. The van der Waals surface area contributed by atoms with Gasteiger partial charge in [-0.2, -0.15) is 0 Å². The minimum Gasteiger partial charge on any atom is -0.495 e. The van der Waals surface area contributed by atoms with E-state index in [4.69, 9.17) is 10.5 Å². The molecule has 0 fully saturated rings. The normalized spacial score (nSPS) is 11.7. The molecule has 1 heterocycles. The number of halogens is 1. The van der Waals surface area contributed by atoms with Crippen molar-refractivity contribution in [3.63, 3.8) is 0 Å². The van der Waals surface area contributed by atoms with Gasteiger partial charge in [-0.15, -0.1) is 24.0 Å². The Hall–Kier alpha value is -1.05. The maximum absolute atomic E-state index is 5.75. The van der Waals surface area contributed by atoms with Gasteiger partial charge in [0.15, 0.2) is 5.96 Å². The molecule has 1 aromatic rings. The van der Waals surface area contributed by atoms with Crippen LogP contribution in [-0.2, 0) is 6.54 Å². The second kappa shape index (κ2) is 7.40. The largest absolute Gasteiger partial charge is 0.495 e. The number of aliphatic imine (C=N–C) groups is 1. The number of nitrogens with zero attached hydrogens (tertiary/aromatic N) is 2. The third kappa shape index (κ3) is 6.63. The molecule has 0 saturated heterocycles. The van der Waals surface area contributed by atoms with Gasteiger partial charge in [0, 0.05) is 5.54 Å². The van der Waals surface area contributed by atoms with E-state index in [0.717, 1.165) is 11.4 Å². The van der Waals surface area contributed by atoms with Gasteiger partial charge in [0.05, 0.1) is 25.5 Å². The number of guanidine groups is 1. The lowest BCUT2D eigenvalue weighted by molar-refractivity contribution is 0.412. The number of hydrogen-bond donors (Lipinski definition) is 2. The lowest BCUT2D eigenvalue weighted by atomic mass is 10.1. The zero-order chi connectivity index (χ0) is 12.9. The Balaban J connectivity index is 0.00000289. The molecular formula is C12H21IN4O. The maximum Gasteiger partial charge on any atom is 0.189 e. The van der Waals surface area contributed by atoms with Crippen molar-refractivity contribution in [3.05, 3.63) is 24.0 Å². The molecular weight excluding hydrogens is 343 g/mol. The van der Waals surface area contributed by atoms with E-state index in [9.17, 15) is 0 Å². The summed E-state index contributed by atoms with van der Waals surface area (Å²) in [6, 6.07) is 3.72. The molecule has 0 aliphatic rings. The average molecular weight is 364 g/mol. The molecule has 1 aromatic heterocycles. The highest BCUT2D eigenvalue weighted by molar-refractivity contribution is 14.0. The van der Waals surface area contributed by atoms with Crippen molar-refractivity contribution >= 4 is 29.9 Å². The smallest absolute Gasteiger partial charge is 0.189 e. The molecule has 0 atom stereocenters. The molecule has 1 rings (SSSR count). The Bertz CT molecular complexity index is 384. The van der Waals surface area contributed by atoms with E-state index in [1.165, 1.54) is 0 Å². The van der Waals surface area contributed by atoms with E-state index in [-0.39, 0.29) is 29.5 Å². The van der Waals surface area contributed by atoms with Crippen molar-refractivity contribution < 1.29 is 4.74 Å². The van der Waals surface area contributed by atoms with Crippen LogP contribution in [-0.4, -0.2) is 23.6 Å². The number of methoxy groups -OCH3 is 1. The van der Waals surface area contributed by atoms with Crippen LogP contribution in [0, 0.1) is 0 Å². The number of aromatic nitrogens is 1. The molecule has 0 bridgehead atoms. The second-order valence-electron chi connectivity index (χ2n) is 4.77. The van der Waals surface area contributed by atoms with Crippen LogP contribution in [0.3, 0.4) is 0 Å². The van der Waals surface area contributed by atoms with Crippen molar-refractivity contribution in [2.24, 2.45) is 10.7 Å². The van der Waals surface area contributed by atoms with Gasteiger partial charge in [0.1, 0.15) is 5.75 Å². The highest BCUT2D eigenvalue weighted by atomic mass is 127. The molecule has 3 N–H and O–H groups in total. The summed E-state index contributed by atoms with van der Waals surface area (Å²) in [7, 11) is 1.61. The van der Waals surface area contributed by atoms with Crippen LogP contribution >= 0.6 is 24.0 Å². The molecule has 0 aromatic carbocycles. The van der Waals surface area contributed by atoms with Crippen LogP contribution in [0.1, 0.15) is 26.5 Å². The molecule has 0 unspecified atom stereocenters. The fourth-order valence-corrected chi connectivity index (χ4v) is 1.22. The first kappa shape index (κ1) is 16.9. The summed E-state index contributed by atoms with van der Waals surface area (Å²) in [5.74, 6) is 1.16. The standard InChI is InChI=1S/C12H20N4O.HI/c1-12(2,3)16-11(13)15-7-9-5-6-10(17-4)8-14-9;/h5-6,8H,7H2,1-4H3,(H3,13,15,16);1H. The molecule has 102 valence electrons.